The molecule has 0 spiro atoms. The van der Waals surface area contributed by atoms with Crippen LogP contribution in [-0.2, 0) is 0 Å². The molecule has 0 N–H and O–H groups in total. The van der Waals surface area contributed by atoms with Gasteiger partial charge in [-0.3, -0.25) is 0 Å². The maximum absolute atomic E-state index is 5.50. The highest BCUT2D eigenvalue weighted by molar-refractivity contribution is 5.66. The second kappa shape index (κ2) is 3.43. The largest absolute Gasteiger partial charge is 0.240 e. The summed E-state index contributed by atoms with van der Waals surface area (Å²) in [5.41, 5.74) is 4.50. The predicted octanol–water partition coefficient (Wildman–Crippen LogP) is 2.75. The molecule has 76 valence electrons. The van der Waals surface area contributed by atoms with Crippen molar-refractivity contribution < 1.29 is 0 Å². The first-order valence-electron chi connectivity index (χ1n) is 5.08. The van der Waals surface area contributed by atoms with E-state index in [1.165, 1.54) is 11.1 Å². The second-order valence-electron chi connectivity index (χ2n) is 4.06. The van der Waals surface area contributed by atoms with E-state index < -0.39 is 0 Å². The fourth-order valence-corrected chi connectivity index (χ4v) is 1.97. The van der Waals surface area contributed by atoms with E-state index in [0.29, 0.717) is 5.92 Å². The van der Waals surface area contributed by atoms with Gasteiger partial charge in [-0.15, -0.1) is 6.42 Å². The molecule has 2 heterocycles. The molecule has 0 fully saturated rings. The average molecular weight is 198 g/mol. The minimum atomic E-state index is 0.412. The number of hydrogen-bond acceptors (Lipinski definition) is 1. The third-order valence-corrected chi connectivity index (χ3v) is 2.66. The lowest BCUT2D eigenvalue weighted by atomic mass is 9.97. The molecule has 0 aliphatic heterocycles. The summed E-state index contributed by atoms with van der Waals surface area (Å²) in [4.78, 5) is 0. The van der Waals surface area contributed by atoms with Crippen LogP contribution >= 0.6 is 0 Å². The standard InChI is InChI=1S/C13H14N2/c1-5-11-8-14-15-7-6-10(4)13(15)12(11)9(2)3/h1,6-9H,2-4H3. The fourth-order valence-electron chi connectivity index (χ4n) is 1.97. The molecule has 0 saturated carbocycles. The van der Waals surface area contributed by atoms with Crippen molar-refractivity contribution in [2.45, 2.75) is 26.7 Å². The van der Waals surface area contributed by atoms with Crippen molar-refractivity contribution in [1.82, 2.24) is 9.61 Å². The molecule has 0 amide bonds. The van der Waals surface area contributed by atoms with E-state index in [9.17, 15) is 0 Å². The van der Waals surface area contributed by atoms with Gasteiger partial charge in [0, 0.05) is 11.8 Å². The SMILES string of the molecule is C#Cc1cnn2ccc(C)c2c1C(C)C. The van der Waals surface area contributed by atoms with Crippen LogP contribution in [0.2, 0.25) is 0 Å². The number of nitrogens with zero attached hydrogens (tertiary/aromatic N) is 2. The first-order chi connectivity index (χ1) is 7.15. The molecule has 0 unspecified atom stereocenters. The first kappa shape index (κ1) is 9.79. The first-order valence-corrected chi connectivity index (χ1v) is 5.08. The summed E-state index contributed by atoms with van der Waals surface area (Å²) >= 11 is 0. The summed E-state index contributed by atoms with van der Waals surface area (Å²) in [7, 11) is 0. The highest BCUT2D eigenvalue weighted by Crippen LogP contribution is 2.26. The molecular formula is C13H14N2. The number of hydrogen-bond donors (Lipinski definition) is 0. The topological polar surface area (TPSA) is 17.3 Å². The second-order valence-corrected chi connectivity index (χ2v) is 4.06. The van der Waals surface area contributed by atoms with Gasteiger partial charge in [0.25, 0.3) is 0 Å². The molecule has 2 nitrogen and oxygen atoms in total. The Morgan fingerprint density at radius 3 is 2.80 bits per heavy atom. The molecule has 0 saturated heterocycles. The van der Waals surface area contributed by atoms with Crippen molar-refractivity contribution in [2.24, 2.45) is 0 Å². The van der Waals surface area contributed by atoms with Crippen LogP contribution in [0.5, 0.6) is 0 Å². The lowest BCUT2D eigenvalue weighted by molar-refractivity contribution is 0.835. The van der Waals surface area contributed by atoms with Crippen molar-refractivity contribution in [3.8, 4) is 12.3 Å². The zero-order chi connectivity index (χ0) is 11.0. The summed E-state index contributed by atoms with van der Waals surface area (Å²) in [6.07, 6.45) is 9.23. The summed E-state index contributed by atoms with van der Waals surface area (Å²) in [6, 6.07) is 2.06. The van der Waals surface area contributed by atoms with Crippen LogP contribution in [0, 0.1) is 19.3 Å². The van der Waals surface area contributed by atoms with Crippen LogP contribution in [-0.4, -0.2) is 9.61 Å². The lowest BCUT2D eigenvalue weighted by Gasteiger charge is -2.11. The van der Waals surface area contributed by atoms with E-state index in [0.717, 1.165) is 11.1 Å². The maximum atomic E-state index is 5.50. The average Bonchev–Trinajstić information content (AvgIpc) is 2.59. The number of terminal acetylenes is 1. The third kappa shape index (κ3) is 1.41. The minimum absolute atomic E-state index is 0.412. The Kier molecular flexibility index (Phi) is 2.24. The van der Waals surface area contributed by atoms with Gasteiger partial charge < -0.3 is 0 Å². The summed E-state index contributed by atoms with van der Waals surface area (Å²) < 4.78 is 1.89. The molecule has 0 bridgehead atoms. The molecular weight excluding hydrogens is 184 g/mol. The Bertz CT molecular complexity index is 541. The molecule has 2 aromatic heterocycles. The number of aryl methyl sites for hydroxylation is 1. The van der Waals surface area contributed by atoms with Crippen LogP contribution in [0.25, 0.3) is 5.52 Å². The zero-order valence-electron chi connectivity index (χ0n) is 9.28. The number of rotatable bonds is 1. The highest BCUT2D eigenvalue weighted by Gasteiger charge is 2.13. The zero-order valence-corrected chi connectivity index (χ0v) is 9.28. The van der Waals surface area contributed by atoms with E-state index >= 15 is 0 Å². The maximum Gasteiger partial charge on any atom is 0.0722 e. The van der Waals surface area contributed by atoms with Gasteiger partial charge in [0.15, 0.2) is 0 Å². The van der Waals surface area contributed by atoms with Gasteiger partial charge in [-0.1, -0.05) is 19.8 Å². The normalized spacial score (nSPS) is 10.9. The molecule has 2 aromatic rings. The van der Waals surface area contributed by atoms with Gasteiger partial charge >= 0.3 is 0 Å². The van der Waals surface area contributed by atoms with Crippen molar-refractivity contribution in [3.63, 3.8) is 0 Å². The van der Waals surface area contributed by atoms with Gasteiger partial charge in [0.05, 0.1) is 11.7 Å². The van der Waals surface area contributed by atoms with Crippen molar-refractivity contribution >= 4 is 5.52 Å². The van der Waals surface area contributed by atoms with Crippen LogP contribution in [0.1, 0.15) is 36.5 Å². The molecule has 0 aliphatic carbocycles. The lowest BCUT2D eigenvalue weighted by Crippen LogP contribution is -2.01. The van der Waals surface area contributed by atoms with Gasteiger partial charge in [0.2, 0.25) is 0 Å². The van der Waals surface area contributed by atoms with E-state index in [2.05, 4.69) is 37.9 Å². The smallest absolute Gasteiger partial charge is 0.0722 e. The quantitative estimate of drug-likeness (QED) is 0.644. The van der Waals surface area contributed by atoms with Crippen LogP contribution in [0.15, 0.2) is 18.5 Å². The highest BCUT2D eigenvalue weighted by atomic mass is 15.2. The Labute approximate surface area is 89.9 Å². The Balaban J connectivity index is 2.90. The van der Waals surface area contributed by atoms with E-state index in [-0.39, 0.29) is 0 Å². The summed E-state index contributed by atoms with van der Waals surface area (Å²) in [5.74, 6) is 3.12. The Morgan fingerprint density at radius 2 is 2.20 bits per heavy atom. The van der Waals surface area contributed by atoms with Crippen molar-refractivity contribution in [3.05, 3.63) is 35.2 Å². The van der Waals surface area contributed by atoms with Gasteiger partial charge in [-0.2, -0.15) is 5.10 Å². The van der Waals surface area contributed by atoms with Gasteiger partial charge in [-0.25, -0.2) is 4.52 Å². The molecule has 0 radical (unpaired) electrons. The molecule has 0 aromatic carbocycles. The molecule has 2 heteroatoms. The van der Waals surface area contributed by atoms with Crippen LogP contribution in [0.3, 0.4) is 0 Å². The van der Waals surface area contributed by atoms with Crippen LogP contribution in [0.4, 0.5) is 0 Å². The monoisotopic (exact) mass is 198 g/mol. The van der Waals surface area contributed by atoms with Crippen molar-refractivity contribution in [1.29, 1.82) is 0 Å². The van der Waals surface area contributed by atoms with Crippen LogP contribution < -0.4 is 0 Å². The van der Waals surface area contributed by atoms with Crippen molar-refractivity contribution in [2.75, 3.05) is 0 Å². The Hall–Kier alpha value is -1.75. The molecule has 0 aliphatic rings. The number of fused-ring (bicyclic) bond motifs is 1. The third-order valence-electron chi connectivity index (χ3n) is 2.66. The molecule has 2 rings (SSSR count). The predicted molar refractivity (Wildman–Crippen MR) is 62.0 cm³/mol. The van der Waals surface area contributed by atoms with E-state index in [1.54, 1.807) is 6.20 Å². The van der Waals surface area contributed by atoms with Gasteiger partial charge in [0.1, 0.15) is 0 Å². The van der Waals surface area contributed by atoms with E-state index in [1.807, 2.05) is 10.7 Å². The number of aromatic nitrogens is 2. The molecule has 0 atom stereocenters. The fraction of sp³-hybridized carbons (Fsp3) is 0.308. The summed E-state index contributed by atoms with van der Waals surface area (Å²) in [5, 5.41) is 4.29. The van der Waals surface area contributed by atoms with Gasteiger partial charge in [-0.05, 0) is 30.0 Å². The molecule has 15 heavy (non-hydrogen) atoms. The summed E-state index contributed by atoms with van der Waals surface area (Å²) in [6.45, 7) is 6.40. The minimum Gasteiger partial charge on any atom is -0.240 e. The Morgan fingerprint density at radius 1 is 1.47 bits per heavy atom. The van der Waals surface area contributed by atoms with E-state index in [4.69, 9.17) is 6.42 Å².